The maximum atomic E-state index is 12.5. The molecule has 0 bridgehead atoms. The van der Waals surface area contributed by atoms with E-state index in [9.17, 15) is 9.59 Å². The molecule has 2 heterocycles. The van der Waals surface area contributed by atoms with Crippen molar-refractivity contribution >= 4 is 34.7 Å². The van der Waals surface area contributed by atoms with Gasteiger partial charge < -0.3 is 20.0 Å². The van der Waals surface area contributed by atoms with Gasteiger partial charge >= 0.3 is 6.03 Å². The third-order valence-corrected chi connectivity index (χ3v) is 6.63. The number of nitrogens with one attached hydrogen (secondary N) is 2. The van der Waals surface area contributed by atoms with Crippen molar-refractivity contribution in [2.24, 2.45) is 0 Å². The molecule has 168 valence electrons. The van der Waals surface area contributed by atoms with Crippen LogP contribution in [0.15, 0.2) is 53.1 Å². The highest BCUT2D eigenvalue weighted by Crippen LogP contribution is 2.36. The molecule has 0 aliphatic carbocycles. The maximum absolute atomic E-state index is 12.5. The lowest BCUT2D eigenvalue weighted by Gasteiger charge is -2.36. The average Bonchev–Trinajstić information content (AvgIpc) is 3.24. The number of rotatable bonds is 7. The van der Waals surface area contributed by atoms with Gasteiger partial charge in [-0.25, -0.2) is 4.79 Å². The zero-order chi connectivity index (χ0) is 22.5. The number of para-hydroxylation sites is 1. The van der Waals surface area contributed by atoms with Crippen LogP contribution < -0.4 is 10.6 Å². The molecule has 0 saturated carbocycles. The van der Waals surface area contributed by atoms with E-state index >= 15 is 0 Å². The largest absolute Gasteiger partial charge is 0.464 e. The maximum Gasteiger partial charge on any atom is 0.323 e. The molecule has 2 N–H and O–H groups in total. The summed E-state index contributed by atoms with van der Waals surface area (Å²) in [6.45, 7) is 6.76. The second-order valence-corrected chi connectivity index (χ2v) is 8.47. The summed E-state index contributed by atoms with van der Waals surface area (Å²) in [7, 11) is 0. The summed E-state index contributed by atoms with van der Waals surface area (Å²) in [6, 6.07) is 12.9. The highest BCUT2D eigenvalue weighted by atomic mass is 16.3. The van der Waals surface area contributed by atoms with Crippen molar-refractivity contribution in [3.05, 3.63) is 59.9 Å². The van der Waals surface area contributed by atoms with Crippen LogP contribution in [0.25, 0.3) is 11.0 Å². The summed E-state index contributed by atoms with van der Waals surface area (Å²) in [5.74, 6) is 0.463. The van der Waals surface area contributed by atoms with Crippen molar-refractivity contribution in [1.29, 1.82) is 0 Å². The molecule has 2 amide bonds. The van der Waals surface area contributed by atoms with E-state index < -0.39 is 0 Å². The van der Waals surface area contributed by atoms with Gasteiger partial charge in [0, 0.05) is 28.2 Å². The van der Waals surface area contributed by atoms with Gasteiger partial charge in [0.1, 0.15) is 5.58 Å². The summed E-state index contributed by atoms with van der Waals surface area (Å²) in [4.78, 5) is 26.3. The summed E-state index contributed by atoms with van der Waals surface area (Å²) in [6.07, 6.45) is 7.24. The topological polar surface area (TPSA) is 74.6 Å². The number of amides is 2. The quantitative estimate of drug-likeness (QED) is 0.431. The van der Waals surface area contributed by atoms with E-state index in [2.05, 4.69) is 29.4 Å². The standard InChI is InChI=1S/C26H31N3O3/c1-3-21(4-2)29-13-11-18(12-14-29)23-17-32-25-10-9-20(15-22(23)25)27-26(31)28-24-8-6-5-7-19(24)16-30/h5-10,15-18,21H,3-4,11-14H2,1-2H3,(H2,27,28,31). The first-order valence-corrected chi connectivity index (χ1v) is 11.5. The molecule has 32 heavy (non-hydrogen) atoms. The van der Waals surface area contributed by atoms with Crippen molar-refractivity contribution < 1.29 is 14.0 Å². The fraction of sp³-hybridized carbons (Fsp3) is 0.385. The molecule has 0 radical (unpaired) electrons. The fourth-order valence-electron chi connectivity index (χ4n) is 4.82. The SMILES string of the molecule is CCC(CC)N1CCC(c2coc3ccc(NC(=O)Nc4ccccc4C=O)cc23)CC1. The third kappa shape index (κ3) is 4.70. The predicted octanol–water partition coefficient (Wildman–Crippen LogP) is 6.26. The molecule has 1 fully saturated rings. The molecule has 6 heteroatoms. The predicted molar refractivity (Wildman–Crippen MR) is 129 cm³/mol. The van der Waals surface area contributed by atoms with Crippen molar-refractivity contribution in [3.8, 4) is 0 Å². The third-order valence-electron chi connectivity index (χ3n) is 6.63. The van der Waals surface area contributed by atoms with E-state index in [-0.39, 0.29) is 6.03 Å². The van der Waals surface area contributed by atoms with Gasteiger partial charge in [0.05, 0.1) is 12.0 Å². The van der Waals surface area contributed by atoms with Gasteiger partial charge in [-0.2, -0.15) is 0 Å². The number of carbonyl (C=O) groups excluding carboxylic acids is 2. The Morgan fingerprint density at radius 3 is 2.59 bits per heavy atom. The van der Waals surface area contributed by atoms with Crippen LogP contribution in [-0.4, -0.2) is 36.3 Å². The van der Waals surface area contributed by atoms with E-state index in [0.29, 0.717) is 28.9 Å². The first-order chi connectivity index (χ1) is 15.6. The zero-order valence-corrected chi connectivity index (χ0v) is 18.8. The summed E-state index contributed by atoms with van der Waals surface area (Å²) in [5.41, 5.74) is 3.67. The second kappa shape index (κ2) is 10.0. The van der Waals surface area contributed by atoms with Crippen LogP contribution in [0.2, 0.25) is 0 Å². The molecule has 4 rings (SSSR count). The molecule has 1 aromatic heterocycles. The number of anilines is 2. The van der Waals surface area contributed by atoms with Gasteiger partial charge in [0.15, 0.2) is 6.29 Å². The molecule has 1 aliphatic rings. The Bertz CT molecular complexity index is 1080. The molecule has 6 nitrogen and oxygen atoms in total. The van der Waals surface area contributed by atoms with E-state index in [0.717, 1.165) is 43.2 Å². The minimum atomic E-state index is -0.387. The highest BCUT2D eigenvalue weighted by Gasteiger charge is 2.26. The molecule has 0 unspecified atom stereocenters. The molecule has 1 saturated heterocycles. The first kappa shape index (κ1) is 22.1. The lowest BCUT2D eigenvalue weighted by atomic mass is 9.88. The molecule has 2 aromatic carbocycles. The van der Waals surface area contributed by atoms with Gasteiger partial charge in [0.2, 0.25) is 0 Å². The zero-order valence-electron chi connectivity index (χ0n) is 18.8. The number of aldehydes is 1. The number of benzene rings is 2. The number of piperidine rings is 1. The number of likely N-dealkylation sites (tertiary alicyclic amines) is 1. The second-order valence-electron chi connectivity index (χ2n) is 8.47. The average molecular weight is 434 g/mol. The van der Waals surface area contributed by atoms with Gasteiger partial charge in [-0.15, -0.1) is 0 Å². The Hall–Kier alpha value is -3.12. The molecular formula is C26H31N3O3. The Labute approximate surface area is 189 Å². The lowest BCUT2D eigenvalue weighted by molar-refractivity contribution is 0.112. The fourth-order valence-corrected chi connectivity index (χ4v) is 4.82. The number of hydrogen-bond acceptors (Lipinski definition) is 4. The molecule has 0 atom stereocenters. The minimum Gasteiger partial charge on any atom is -0.464 e. The van der Waals surface area contributed by atoms with E-state index in [4.69, 9.17) is 4.42 Å². The highest BCUT2D eigenvalue weighted by molar-refractivity contribution is 6.03. The Kier molecular flexibility index (Phi) is 6.90. The van der Waals surface area contributed by atoms with Crippen molar-refractivity contribution in [2.75, 3.05) is 23.7 Å². The van der Waals surface area contributed by atoms with Gasteiger partial charge in [0.25, 0.3) is 0 Å². The normalized spacial score (nSPS) is 15.2. The van der Waals surface area contributed by atoms with Gasteiger partial charge in [-0.3, -0.25) is 4.79 Å². The monoisotopic (exact) mass is 433 g/mol. The van der Waals surface area contributed by atoms with Crippen LogP contribution in [0.3, 0.4) is 0 Å². The van der Waals surface area contributed by atoms with Crippen molar-refractivity contribution in [1.82, 2.24) is 4.90 Å². The lowest BCUT2D eigenvalue weighted by Crippen LogP contribution is -2.40. The number of carbonyl (C=O) groups is 2. The smallest absolute Gasteiger partial charge is 0.323 e. The van der Waals surface area contributed by atoms with E-state index in [1.54, 1.807) is 24.3 Å². The van der Waals surface area contributed by atoms with Crippen LogP contribution >= 0.6 is 0 Å². The van der Waals surface area contributed by atoms with Crippen molar-refractivity contribution in [2.45, 2.75) is 51.5 Å². The first-order valence-electron chi connectivity index (χ1n) is 11.5. The van der Waals surface area contributed by atoms with Crippen LogP contribution in [0.5, 0.6) is 0 Å². The minimum absolute atomic E-state index is 0.387. The van der Waals surface area contributed by atoms with Gasteiger partial charge in [-0.05, 0) is 75.0 Å². The van der Waals surface area contributed by atoms with Crippen LogP contribution in [0.1, 0.15) is 61.4 Å². The number of hydrogen-bond donors (Lipinski definition) is 2. The number of furan rings is 1. The Morgan fingerprint density at radius 1 is 1.12 bits per heavy atom. The number of urea groups is 1. The Morgan fingerprint density at radius 2 is 1.88 bits per heavy atom. The molecule has 1 aliphatic heterocycles. The molecule has 3 aromatic rings. The Balaban J connectivity index is 1.46. The van der Waals surface area contributed by atoms with Crippen LogP contribution in [-0.2, 0) is 0 Å². The van der Waals surface area contributed by atoms with Crippen LogP contribution in [0.4, 0.5) is 16.2 Å². The van der Waals surface area contributed by atoms with Crippen LogP contribution in [0, 0.1) is 0 Å². The summed E-state index contributed by atoms with van der Waals surface area (Å²) < 4.78 is 5.82. The number of nitrogens with zero attached hydrogens (tertiary/aromatic N) is 1. The van der Waals surface area contributed by atoms with E-state index in [1.807, 2.05) is 24.5 Å². The molecular weight excluding hydrogens is 402 g/mol. The number of fused-ring (bicyclic) bond motifs is 1. The van der Waals surface area contributed by atoms with E-state index in [1.165, 1.54) is 18.4 Å². The van der Waals surface area contributed by atoms with Crippen molar-refractivity contribution in [3.63, 3.8) is 0 Å². The van der Waals surface area contributed by atoms with Gasteiger partial charge in [-0.1, -0.05) is 26.0 Å². The molecule has 0 spiro atoms. The summed E-state index contributed by atoms with van der Waals surface area (Å²) in [5, 5.41) is 6.67. The summed E-state index contributed by atoms with van der Waals surface area (Å²) >= 11 is 0.